The van der Waals surface area contributed by atoms with Crippen LogP contribution in [-0.2, 0) is 0 Å². The molecule has 0 bridgehead atoms. The molecule has 0 heterocycles. The van der Waals surface area contributed by atoms with Crippen molar-refractivity contribution in [2.24, 2.45) is 0 Å². The first-order valence-electron chi connectivity index (χ1n) is 2.89. The molecular weight excluding hydrogens is 93.0 g/mol. The van der Waals surface area contributed by atoms with Gasteiger partial charge in [0.2, 0.25) is 0 Å². The standard InChI is InChI=1S/C6H15N.Li.H2.H/c1-5(2)7-6(3)4;;;/h5-7H,1-4H3;;1H;. The summed E-state index contributed by atoms with van der Waals surface area (Å²) in [6, 6.07) is 1.25. The van der Waals surface area contributed by atoms with E-state index in [0.29, 0.717) is 12.1 Å². The molecule has 0 saturated carbocycles. The molecular formula is C6H18LiN. The Balaban J connectivity index is -0.000000180. The van der Waals surface area contributed by atoms with Gasteiger partial charge in [0.25, 0.3) is 0 Å². The average molecular weight is 111 g/mol. The summed E-state index contributed by atoms with van der Waals surface area (Å²) in [5.74, 6) is 0. The Kier molecular flexibility index (Phi) is 8.08. The van der Waals surface area contributed by atoms with Crippen molar-refractivity contribution >= 4 is 18.9 Å². The van der Waals surface area contributed by atoms with Gasteiger partial charge in [-0.15, -0.1) is 0 Å². The van der Waals surface area contributed by atoms with Gasteiger partial charge >= 0.3 is 18.9 Å². The van der Waals surface area contributed by atoms with Gasteiger partial charge < -0.3 is 5.32 Å². The fraction of sp³-hybridized carbons (Fsp3) is 1.00. The van der Waals surface area contributed by atoms with Gasteiger partial charge in [0.1, 0.15) is 0 Å². The molecule has 48 valence electrons. The summed E-state index contributed by atoms with van der Waals surface area (Å²) in [4.78, 5) is 0. The van der Waals surface area contributed by atoms with Crippen molar-refractivity contribution < 1.29 is 1.43 Å². The average Bonchev–Trinajstić information content (AvgIpc) is 1.27. The molecule has 0 fully saturated rings. The molecule has 0 aliphatic carbocycles. The van der Waals surface area contributed by atoms with Crippen molar-refractivity contribution in [1.82, 2.24) is 5.32 Å². The number of nitrogens with one attached hydrogen (secondary N) is 1. The first kappa shape index (κ1) is 11.4. The fourth-order valence-electron chi connectivity index (χ4n) is 0.667. The molecule has 0 rings (SSSR count). The summed E-state index contributed by atoms with van der Waals surface area (Å²) in [6.07, 6.45) is 0. The monoisotopic (exact) mass is 111 g/mol. The molecule has 0 aromatic rings. The summed E-state index contributed by atoms with van der Waals surface area (Å²) in [5, 5.41) is 3.31. The molecule has 0 atom stereocenters. The van der Waals surface area contributed by atoms with E-state index in [1.807, 2.05) is 0 Å². The summed E-state index contributed by atoms with van der Waals surface area (Å²) < 4.78 is 0. The van der Waals surface area contributed by atoms with Gasteiger partial charge in [0, 0.05) is 13.5 Å². The molecule has 0 saturated heterocycles. The second-order valence-corrected chi connectivity index (χ2v) is 2.48. The molecule has 0 amide bonds. The van der Waals surface area contributed by atoms with E-state index in [9.17, 15) is 0 Å². The Morgan fingerprint density at radius 3 is 1.25 bits per heavy atom. The van der Waals surface area contributed by atoms with Gasteiger partial charge in [-0.1, -0.05) is 27.7 Å². The van der Waals surface area contributed by atoms with Crippen molar-refractivity contribution in [1.29, 1.82) is 0 Å². The molecule has 2 heteroatoms. The first-order valence-corrected chi connectivity index (χ1v) is 2.89. The van der Waals surface area contributed by atoms with E-state index >= 15 is 0 Å². The third-order valence-corrected chi connectivity index (χ3v) is 0.667. The van der Waals surface area contributed by atoms with Crippen LogP contribution in [0.4, 0.5) is 0 Å². The van der Waals surface area contributed by atoms with Crippen LogP contribution in [0.2, 0.25) is 0 Å². The normalized spacial score (nSPS) is 9.75. The van der Waals surface area contributed by atoms with Crippen LogP contribution in [-0.4, -0.2) is 30.9 Å². The number of rotatable bonds is 2. The van der Waals surface area contributed by atoms with Crippen LogP contribution in [0.15, 0.2) is 0 Å². The molecule has 0 aliphatic heterocycles. The van der Waals surface area contributed by atoms with E-state index < -0.39 is 0 Å². The maximum atomic E-state index is 3.31. The Morgan fingerprint density at radius 1 is 1.00 bits per heavy atom. The Bertz CT molecular complexity index is 42.3. The van der Waals surface area contributed by atoms with Crippen LogP contribution in [0, 0.1) is 0 Å². The van der Waals surface area contributed by atoms with Crippen molar-refractivity contribution in [3.63, 3.8) is 0 Å². The molecule has 0 unspecified atom stereocenters. The predicted molar refractivity (Wildman–Crippen MR) is 42.7 cm³/mol. The van der Waals surface area contributed by atoms with Crippen LogP contribution in [0.3, 0.4) is 0 Å². The zero-order valence-corrected chi connectivity index (χ0v) is 5.65. The van der Waals surface area contributed by atoms with Crippen molar-refractivity contribution in [2.75, 3.05) is 0 Å². The van der Waals surface area contributed by atoms with Crippen molar-refractivity contribution in [3.8, 4) is 0 Å². The second-order valence-electron chi connectivity index (χ2n) is 2.48. The van der Waals surface area contributed by atoms with Gasteiger partial charge in [-0.2, -0.15) is 0 Å². The molecule has 8 heavy (non-hydrogen) atoms. The van der Waals surface area contributed by atoms with Crippen LogP contribution in [0.5, 0.6) is 0 Å². The van der Waals surface area contributed by atoms with E-state index in [0.717, 1.165) is 0 Å². The minimum atomic E-state index is 0. The van der Waals surface area contributed by atoms with Gasteiger partial charge in [-0.25, -0.2) is 0 Å². The molecule has 0 aromatic heterocycles. The molecule has 0 aromatic carbocycles. The number of hydrogen-bond acceptors (Lipinski definition) is 1. The van der Waals surface area contributed by atoms with Gasteiger partial charge in [-0.05, 0) is 0 Å². The van der Waals surface area contributed by atoms with Gasteiger partial charge in [0.15, 0.2) is 0 Å². The van der Waals surface area contributed by atoms with E-state index in [1.165, 1.54) is 0 Å². The SMILES string of the molecule is CC(C)NC(C)C.[HH].[LiH]. The second kappa shape index (κ2) is 5.69. The van der Waals surface area contributed by atoms with Crippen LogP contribution in [0.1, 0.15) is 29.1 Å². The summed E-state index contributed by atoms with van der Waals surface area (Å²) in [7, 11) is 0. The molecule has 1 N–H and O–H groups in total. The zero-order chi connectivity index (χ0) is 5.86. The summed E-state index contributed by atoms with van der Waals surface area (Å²) in [5.41, 5.74) is 0. The molecule has 1 nitrogen and oxygen atoms in total. The number of hydrogen-bond donors (Lipinski definition) is 1. The summed E-state index contributed by atoms with van der Waals surface area (Å²) >= 11 is 0. The zero-order valence-electron chi connectivity index (χ0n) is 5.65. The van der Waals surface area contributed by atoms with Crippen molar-refractivity contribution in [3.05, 3.63) is 0 Å². The Morgan fingerprint density at radius 2 is 1.25 bits per heavy atom. The Hall–Kier alpha value is 0.557. The predicted octanol–water partition coefficient (Wildman–Crippen LogP) is 0.990. The fourth-order valence-corrected chi connectivity index (χ4v) is 0.667. The third kappa shape index (κ3) is 9.75. The minimum absolute atomic E-state index is 0. The van der Waals surface area contributed by atoms with Crippen LogP contribution >= 0.6 is 0 Å². The first-order chi connectivity index (χ1) is 3.13. The van der Waals surface area contributed by atoms with E-state index in [2.05, 4.69) is 33.0 Å². The van der Waals surface area contributed by atoms with E-state index in [-0.39, 0.29) is 20.3 Å². The van der Waals surface area contributed by atoms with E-state index in [1.54, 1.807) is 0 Å². The van der Waals surface area contributed by atoms with Gasteiger partial charge in [0.05, 0.1) is 0 Å². The Labute approximate surface area is 65.9 Å². The van der Waals surface area contributed by atoms with Crippen LogP contribution < -0.4 is 5.32 Å². The molecule has 0 aliphatic rings. The van der Waals surface area contributed by atoms with Crippen molar-refractivity contribution in [2.45, 2.75) is 39.8 Å². The molecule has 0 radical (unpaired) electrons. The third-order valence-electron chi connectivity index (χ3n) is 0.667. The topological polar surface area (TPSA) is 12.0 Å². The summed E-state index contributed by atoms with van der Waals surface area (Å²) in [6.45, 7) is 8.61. The van der Waals surface area contributed by atoms with Gasteiger partial charge in [-0.3, -0.25) is 0 Å². The van der Waals surface area contributed by atoms with E-state index in [4.69, 9.17) is 0 Å². The van der Waals surface area contributed by atoms with Crippen LogP contribution in [0.25, 0.3) is 0 Å². The molecule has 0 spiro atoms. The quantitative estimate of drug-likeness (QED) is 0.524. The maximum absolute atomic E-state index is 3.31.